The highest BCUT2D eigenvalue weighted by atomic mass is 16.5. The molecule has 0 radical (unpaired) electrons. The lowest BCUT2D eigenvalue weighted by Crippen LogP contribution is -2.04. The highest BCUT2D eigenvalue weighted by Gasteiger charge is 2.10. The molecule has 24 heavy (non-hydrogen) atoms. The summed E-state index contributed by atoms with van der Waals surface area (Å²) < 4.78 is 5.60. The molecular weight excluding hydrogens is 302 g/mol. The normalized spacial score (nSPS) is 13.4. The van der Waals surface area contributed by atoms with Crippen molar-refractivity contribution in [1.29, 1.82) is 10.5 Å². The molecule has 0 saturated heterocycles. The molecule has 1 aliphatic heterocycles. The Morgan fingerprint density at radius 1 is 1.17 bits per heavy atom. The fraction of sp³-hybridized carbons (Fsp3) is 0.158. The summed E-state index contributed by atoms with van der Waals surface area (Å²) in [5.41, 5.74) is 2.52. The van der Waals surface area contributed by atoms with Crippen LogP contribution in [0.1, 0.15) is 12.5 Å². The van der Waals surface area contributed by atoms with Crippen LogP contribution in [0.15, 0.2) is 65.2 Å². The lowest BCUT2D eigenvalue weighted by Gasteiger charge is -2.13. The van der Waals surface area contributed by atoms with Crippen molar-refractivity contribution in [3.63, 3.8) is 0 Å². The summed E-state index contributed by atoms with van der Waals surface area (Å²) in [5.74, 6) is 1.19. The van der Waals surface area contributed by atoms with E-state index in [2.05, 4.69) is 5.32 Å². The first-order valence-electron chi connectivity index (χ1n) is 7.41. The largest absolute Gasteiger partial charge is 0.462 e. The molecular formula is C19H17N3O2. The van der Waals surface area contributed by atoms with Crippen LogP contribution in [0.25, 0.3) is 6.08 Å². The van der Waals surface area contributed by atoms with Crippen LogP contribution in [-0.2, 0) is 4.74 Å². The molecule has 5 heteroatoms. The topological polar surface area (TPSA) is 89.1 Å². The molecule has 0 saturated carbocycles. The molecule has 1 heterocycles. The summed E-state index contributed by atoms with van der Waals surface area (Å²) in [6.45, 7) is 2.37. The second-order valence-corrected chi connectivity index (χ2v) is 5.06. The maximum absolute atomic E-state index is 8.98. The third kappa shape index (κ3) is 4.61. The second kappa shape index (κ2) is 8.38. The average Bonchev–Trinajstić information content (AvgIpc) is 2.60. The Bertz CT molecular complexity index is 784. The van der Waals surface area contributed by atoms with Crippen molar-refractivity contribution in [3.05, 3.63) is 70.7 Å². The summed E-state index contributed by atoms with van der Waals surface area (Å²) >= 11 is 0. The number of aliphatic hydroxyl groups excluding tert-OH is 1. The number of hydrogen-bond donors (Lipinski definition) is 2. The molecule has 0 aliphatic carbocycles. The number of allylic oxidation sites excluding steroid dienone is 6. The first-order valence-corrected chi connectivity index (χ1v) is 7.41. The zero-order chi connectivity index (χ0) is 17.4. The minimum atomic E-state index is 0.0582. The molecule has 0 aromatic heterocycles. The smallest absolute Gasteiger partial charge is 0.137 e. The fourth-order valence-electron chi connectivity index (χ4n) is 2.13. The molecule has 1 aromatic rings. The van der Waals surface area contributed by atoms with Crippen molar-refractivity contribution in [2.45, 2.75) is 6.92 Å². The van der Waals surface area contributed by atoms with Gasteiger partial charge in [0.25, 0.3) is 0 Å². The molecule has 0 amide bonds. The predicted octanol–water partition coefficient (Wildman–Crippen LogP) is 3.27. The molecule has 120 valence electrons. The van der Waals surface area contributed by atoms with Gasteiger partial charge in [-0.3, -0.25) is 0 Å². The first-order chi connectivity index (χ1) is 11.7. The van der Waals surface area contributed by atoms with Gasteiger partial charge in [0, 0.05) is 17.8 Å². The number of rotatable bonds is 5. The van der Waals surface area contributed by atoms with Gasteiger partial charge in [0.1, 0.15) is 29.2 Å². The van der Waals surface area contributed by atoms with Crippen LogP contribution in [0.4, 0.5) is 5.69 Å². The van der Waals surface area contributed by atoms with Gasteiger partial charge in [0.2, 0.25) is 0 Å². The fourth-order valence-corrected chi connectivity index (χ4v) is 2.13. The predicted molar refractivity (Wildman–Crippen MR) is 92.2 cm³/mol. The molecule has 0 spiro atoms. The van der Waals surface area contributed by atoms with E-state index in [9.17, 15) is 0 Å². The van der Waals surface area contributed by atoms with Crippen molar-refractivity contribution in [2.24, 2.45) is 0 Å². The quantitative estimate of drug-likeness (QED) is 0.813. The van der Waals surface area contributed by atoms with Crippen molar-refractivity contribution in [1.82, 2.24) is 0 Å². The lowest BCUT2D eigenvalue weighted by molar-refractivity contribution is 0.311. The summed E-state index contributed by atoms with van der Waals surface area (Å²) in [5, 5.41) is 29.8. The summed E-state index contributed by atoms with van der Waals surface area (Å²) in [4.78, 5) is 0. The number of anilines is 1. The van der Waals surface area contributed by atoms with E-state index in [0.29, 0.717) is 23.6 Å². The van der Waals surface area contributed by atoms with Gasteiger partial charge in [-0.2, -0.15) is 10.5 Å². The molecule has 0 fully saturated rings. The second-order valence-electron chi connectivity index (χ2n) is 5.06. The molecule has 0 unspecified atom stereocenters. The molecule has 0 atom stereocenters. The van der Waals surface area contributed by atoms with E-state index >= 15 is 0 Å². The number of nitrogens with zero attached hydrogens (tertiary/aromatic N) is 2. The maximum atomic E-state index is 8.98. The highest BCUT2D eigenvalue weighted by molar-refractivity contribution is 5.59. The summed E-state index contributed by atoms with van der Waals surface area (Å²) in [7, 11) is 0. The van der Waals surface area contributed by atoms with Crippen LogP contribution in [-0.4, -0.2) is 18.3 Å². The van der Waals surface area contributed by atoms with Gasteiger partial charge in [-0.1, -0.05) is 18.2 Å². The van der Waals surface area contributed by atoms with Gasteiger partial charge < -0.3 is 15.2 Å². The summed E-state index contributed by atoms with van der Waals surface area (Å²) in [6, 6.07) is 11.5. The van der Waals surface area contributed by atoms with E-state index in [-0.39, 0.29) is 12.2 Å². The zero-order valence-corrected chi connectivity index (χ0v) is 13.3. The van der Waals surface area contributed by atoms with Crippen molar-refractivity contribution >= 4 is 11.8 Å². The Morgan fingerprint density at radius 3 is 2.50 bits per heavy atom. The number of ether oxygens (including phenoxy) is 1. The molecule has 2 N–H and O–H groups in total. The Morgan fingerprint density at radius 2 is 1.88 bits per heavy atom. The van der Waals surface area contributed by atoms with Crippen LogP contribution in [0, 0.1) is 22.7 Å². The monoisotopic (exact) mass is 319 g/mol. The van der Waals surface area contributed by atoms with E-state index < -0.39 is 0 Å². The van der Waals surface area contributed by atoms with Crippen LogP contribution in [0.3, 0.4) is 0 Å². The number of nitriles is 2. The Hall–Kier alpha value is -3.28. The molecule has 1 aromatic carbocycles. The van der Waals surface area contributed by atoms with E-state index in [1.165, 1.54) is 0 Å². The molecule has 5 nitrogen and oxygen atoms in total. The number of hydrogen-bond acceptors (Lipinski definition) is 5. The zero-order valence-electron chi connectivity index (χ0n) is 13.3. The third-order valence-electron chi connectivity index (χ3n) is 3.24. The Kier molecular flexibility index (Phi) is 5.96. The minimum absolute atomic E-state index is 0.0582. The number of aliphatic hydroxyl groups is 1. The van der Waals surface area contributed by atoms with E-state index in [1.54, 1.807) is 25.2 Å². The van der Waals surface area contributed by atoms with Gasteiger partial charge in [0.15, 0.2) is 0 Å². The van der Waals surface area contributed by atoms with Crippen molar-refractivity contribution < 1.29 is 9.84 Å². The highest BCUT2D eigenvalue weighted by Crippen LogP contribution is 2.22. The Labute approximate surface area is 141 Å². The Balaban J connectivity index is 2.15. The van der Waals surface area contributed by atoms with Crippen LogP contribution in [0.2, 0.25) is 0 Å². The maximum Gasteiger partial charge on any atom is 0.137 e. The van der Waals surface area contributed by atoms with E-state index in [4.69, 9.17) is 20.4 Å². The van der Waals surface area contributed by atoms with Gasteiger partial charge >= 0.3 is 0 Å². The number of benzene rings is 1. The van der Waals surface area contributed by atoms with Crippen molar-refractivity contribution in [3.8, 4) is 12.1 Å². The van der Waals surface area contributed by atoms with E-state index in [0.717, 1.165) is 11.3 Å². The van der Waals surface area contributed by atoms with Crippen LogP contribution < -0.4 is 5.32 Å². The minimum Gasteiger partial charge on any atom is -0.462 e. The van der Waals surface area contributed by atoms with Crippen LogP contribution >= 0.6 is 0 Å². The van der Waals surface area contributed by atoms with Gasteiger partial charge in [-0.05, 0) is 42.8 Å². The standard InChI is InChI=1S/C19H17N3O2/c1-14-10-16(17(12-20)13-21)11-19(24-14)7-4-15-2-5-18(6-3-15)22-8-9-23/h2-7,10-11,22-23H,8-9H2,1H3/b7-4+. The van der Waals surface area contributed by atoms with Gasteiger partial charge in [-0.25, -0.2) is 0 Å². The third-order valence-corrected chi connectivity index (χ3v) is 3.24. The molecule has 0 bridgehead atoms. The van der Waals surface area contributed by atoms with E-state index in [1.807, 2.05) is 42.5 Å². The lowest BCUT2D eigenvalue weighted by atomic mass is 10.1. The molecule has 1 aliphatic rings. The van der Waals surface area contributed by atoms with Crippen molar-refractivity contribution in [2.75, 3.05) is 18.5 Å². The van der Waals surface area contributed by atoms with Gasteiger partial charge in [-0.15, -0.1) is 0 Å². The molecule has 2 rings (SSSR count). The average molecular weight is 319 g/mol. The summed E-state index contributed by atoms with van der Waals surface area (Å²) in [6.07, 6.45) is 7.01. The van der Waals surface area contributed by atoms with Gasteiger partial charge in [0.05, 0.1) is 6.61 Å². The van der Waals surface area contributed by atoms with Crippen LogP contribution in [0.5, 0.6) is 0 Å². The number of nitrogens with one attached hydrogen (secondary N) is 1. The first kappa shape index (κ1) is 17.1. The SMILES string of the molecule is CC1=CC(=C(C#N)C#N)C=C(/C=C/c2ccc(NCCO)cc2)O1.